The summed E-state index contributed by atoms with van der Waals surface area (Å²) in [5.41, 5.74) is 1.29. The molecule has 0 aliphatic heterocycles. The van der Waals surface area contributed by atoms with Crippen LogP contribution < -0.4 is 16.0 Å². The van der Waals surface area contributed by atoms with Crippen molar-refractivity contribution in [2.24, 2.45) is 17.8 Å². The molecule has 4 N–H and O–H groups in total. The maximum absolute atomic E-state index is 15.0. The van der Waals surface area contributed by atoms with Gasteiger partial charge in [0.2, 0.25) is 5.82 Å². The molecule has 2 aromatic carbocycles. The SMILES string of the molecule is C=C(C)CNCC(CC(C)C)NC(=C)[C@H](CCc1ccccc1)C(NC(=O)c1c(F)c(C)c(O)c(F)c1F)[C@@H](C)CC. The molecule has 0 aromatic heterocycles. The number of hydrogen-bond donors (Lipinski definition) is 4. The Balaban J connectivity index is 2.46. The molecule has 0 saturated carbocycles. The van der Waals surface area contributed by atoms with Crippen molar-refractivity contribution >= 4 is 5.91 Å². The van der Waals surface area contributed by atoms with Crippen LogP contribution in [0.1, 0.15) is 75.4 Å². The summed E-state index contributed by atoms with van der Waals surface area (Å²) < 4.78 is 44.2. The lowest BCUT2D eigenvalue weighted by molar-refractivity contribution is 0.0892. The first-order chi connectivity index (χ1) is 19.8. The monoisotopic (exact) mass is 587 g/mol. The number of phenols is 1. The Bertz CT molecular complexity index is 1190. The molecule has 5 nitrogen and oxygen atoms in total. The molecule has 0 heterocycles. The van der Waals surface area contributed by atoms with Crippen molar-refractivity contribution in [3.63, 3.8) is 0 Å². The normalized spacial score (nSPS) is 14.2. The molecule has 2 unspecified atom stereocenters. The molecule has 0 aliphatic carbocycles. The van der Waals surface area contributed by atoms with E-state index in [4.69, 9.17) is 0 Å². The van der Waals surface area contributed by atoms with Gasteiger partial charge >= 0.3 is 0 Å². The maximum atomic E-state index is 15.0. The topological polar surface area (TPSA) is 73.4 Å². The summed E-state index contributed by atoms with van der Waals surface area (Å²) >= 11 is 0. The third kappa shape index (κ3) is 9.65. The Morgan fingerprint density at radius 2 is 1.64 bits per heavy atom. The van der Waals surface area contributed by atoms with Gasteiger partial charge in [-0.15, -0.1) is 0 Å². The molecule has 0 fully saturated rings. The summed E-state index contributed by atoms with van der Waals surface area (Å²) in [7, 11) is 0. The molecule has 2 rings (SSSR count). The van der Waals surface area contributed by atoms with E-state index in [0.717, 1.165) is 24.5 Å². The van der Waals surface area contributed by atoms with Crippen molar-refractivity contribution in [3.05, 3.63) is 88.9 Å². The zero-order valence-electron chi connectivity index (χ0n) is 25.9. The van der Waals surface area contributed by atoms with Crippen LogP contribution in [0, 0.1) is 42.1 Å². The molecule has 0 radical (unpaired) electrons. The van der Waals surface area contributed by atoms with Gasteiger partial charge < -0.3 is 21.1 Å². The first kappa shape index (κ1) is 34.9. The van der Waals surface area contributed by atoms with E-state index in [1.54, 1.807) is 0 Å². The van der Waals surface area contributed by atoms with Crippen molar-refractivity contribution in [2.75, 3.05) is 13.1 Å². The summed E-state index contributed by atoms with van der Waals surface area (Å²) in [4.78, 5) is 13.4. The number of aromatic hydroxyl groups is 1. The standard InChI is InChI=1S/C34H48F3N3O2/c1-9-22(6)32(40-34(42)28-29(35)23(7)33(41)31(37)30(28)36)27(16-15-25-13-11-10-12-14-25)24(8)39-26(17-20(2)3)19-38-18-21(4)5/h10-14,20,22,26-27,32,38-39,41H,4,8-9,15-19H2,1-3,5-7H3,(H,40,42)/t22-,26?,27-,32?/m0/s1. The van der Waals surface area contributed by atoms with E-state index in [1.165, 1.54) is 0 Å². The third-order valence-electron chi connectivity index (χ3n) is 7.74. The second-order valence-corrected chi connectivity index (χ2v) is 11.9. The van der Waals surface area contributed by atoms with Gasteiger partial charge in [0.1, 0.15) is 11.4 Å². The van der Waals surface area contributed by atoms with Gasteiger partial charge in [-0.3, -0.25) is 4.79 Å². The van der Waals surface area contributed by atoms with E-state index in [-0.39, 0.29) is 17.9 Å². The van der Waals surface area contributed by atoms with Crippen LogP contribution in [0.5, 0.6) is 5.75 Å². The Morgan fingerprint density at radius 3 is 2.21 bits per heavy atom. The lowest BCUT2D eigenvalue weighted by Gasteiger charge is -2.36. The Hall–Kier alpha value is -3.26. The number of benzene rings is 2. The Morgan fingerprint density at radius 1 is 1.00 bits per heavy atom. The quantitative estimate of drug-likeness (QED) is 0.117. The average Bonchev–Trinajstić information content (AvgIpc) is 2.94. The second kappa shape index (κ2) is 16.4. The lowest BCUT2D eigenvalue weighted by Crippen LogP contribution is -2.49. The summed E-state index contributed by atoms with van der Waals surface area (Å²) in [6.45, 7) is 21.0. The highest BCUT2D eigenvalue weighted by atomic mass is 19.2. The van der Waals surface area contributed by atoms with Crippen molar-refractivity contribution < 1.29 is 23.1 Å². The molecule has 1 amide bonds. The predicted octanol–water partition coefficient (Wildman–Crippen LogP) is 7.20. The summed E-state index contributed by atoms with van der Waals surface area (Å²) in [5, 5.41) is 19.6. The van der Waals surface area contributed by atoms with Crippen LogP contribution in [0.25, 0.3) is 0 Å². The van der Waals surface area contributed by atoms with Crippen LogP contribution >= 0.6 is 0 Å². The van der Waals surface area contributed by atoms with E-state index in [9.17, 15) is 18.7 Å². The van der Waals surface area contributed by atoms with Crippen molar-refractivity contribution in [1.82, 2.24) is 16.0 Å². The molecule has 2 aromatic rings. The van der Waals surface area contributed by atoms with E-state index in [2.05, 4.69) is 43.0 Å². The van der Waals surface area contributed by atoms with Gasteiger partial charge in [0.25, 0.3) is 5.91 Å². The number of rotatable bonds is 17. The molecular weight excluding hydrogens is 539 g/mol. The highest BCUT2D eigenvalue weighted by Gasteiger charge is 2.34. The molecule has 0 bridgehead atoms. The highest BCUT2D eigenvalue weighted by Crippen LogP contribution is 2.31. The molecule has 0 spiro atoms. The zero-order valence-corrected chi connectivity index (χ0v) is 25.9. The van der Waals surface area contributed by atoms with Gasteiger partial charge in [0.05, 0.1) is 0 Å². The van der Waals surface area contributed by atoms with Crippen molar-refractivity contribution in [3.8, 4) is 5.75 Å². The number of hydrogen-bond acceptors (Lipinski definition) is 4. The fourth-order valence-corrected chi connectivity index (χ4v) is 5.21. The molecular formula is C34H48F3N3O2. The fourth-order valence-electron chi connectivity index (χ4n) is 5.21. The van der Waals surface area contributed by atoms with Crippen LogP contribution in [0.4, 0.5) is 13.2 Å². The van der Waals surface area contributed by atoms with Crippen molar-refractivity contribution in [2.45, 2.75) is 79.3 Å². The molecule has 0 saturated heterocycles. The van der Waals surface area contributed by atoms with Crippen LogP contribution in [0.2, 0.25) is 0 Å². The number of phenolic OH excluding ortho intramolecular Hbond substituents is 1. The first-order valence-corrected chi connectivity index (χ1v) is 14.8. The van der Waals surface area contributed by atoms with E-state index < -0.39 is 46.3 Å². The maximum Gasteiger partial charge on any atom is 0.257 e. The average molecular weight is 588 g/mol. The number of carbonyl (C=O) groups is 1. The van der Waals surface area contributed by atoms with E-state index >= 15 is 4.39 Å². The molecule has 4 atom stereocenters. The van der Waals surface area contributed by atoms with Gasteiger partial charge in [0.15, 0.2) is 11.6 Å². The summed E-state index contributed by atoms with van der Waals surface area (Å²) in [6, 6.07) is 9.41. The van der Waals surface area contributed by atoms with E-state index in [1.807, 2.05) is 51.1 Å². The molecule has 232 valence electrons. The first-order valence-electron chi connectivity index (χ1n) is 14.8. The molecule has 8 heteroatoms. The number of carbonyl (C=O) groups excluding carboxylic acids is 1. The van der Waals surface area contributed by atoms with Gasteiger partial charge in [-0.2, -0.15) is 4.39 Å². The lowest BCUT2D eigenvalue weighted by atomic mass is 9.81. The predicted molar refractivity (Wildman–Crippen MR) is 165 cm³/mol. The Labute approximate surface area is 249 Å². The zero-order chi connectivity index (χ0) is 31.6. The number of halogens is 3. The largest absolute Gasteiger partial charge is 0.504 e. The van der Waals surface area contributed by atoms with Gasteiger partial charge in [-0.25, -0.2) is 8.78 Å². The van der Waals surface area contributed by atoms with E-state index in [0.29, 0.717) is 44.0 Å². The number of nitrogens with one attached hydrogen (secondary N) is 3. The number of amides is 1. The van der Waals surface area contributed by atoms with Crippen molar-refractivity contribution in [1.29, 1.82) is 0 Å². The van der Waals surface area contributed by atoms with Crippen LogP contribution in [0.15, 0.2) is 54.8 Å². The molecule has 42 heavy (non-hydrogen) atoms. The van der Waals surface area contributed by atoms with Crippen LogP contribution in [-0.4, -0.2) is 36.2 Å². The minimum Gasteiger partial charge on any atom is -0.504 e. The Kier molecular flexibility index (Phi) is 13.6. The molecule has 0 aliphatic rings. The van der Waals surface area contributed by atoms with Gasteiger partial charge in [-0.1, -0.05) is 83.2 Å². The smallest absolute Gasteiger partial charge is 0.257 e. The van der Waals surface area contributed by atoms with Gasteiger partial charge in [-0.05, 0) is 50.5 Å². The van der Waals surface area contributed by atoms with Crippen LogP contribution in [0.3, 0.4) is 0 Å². The highest BCUT2D eigenvalue weighted by molar-refractivity contribution is 5.95. The third-order valence-corrected chi connectivity index (χ3v) is 7.74. The van der Waals surface area contributed by atoms with Crippen LogP contribution in [-0.2, 0) is 6.42 Å². The minimum absolute atomic E-state index is 0.0492. The minimum atomic E-state index is -1.71. The van der Waals surface area contributed by atoms with Gasteiger partial charge in [0, 0.05) is 42.4 Å². The second-order valence-electron chi connectivity index (χ2n) is 11.9. The fraction of sp³-hybridized carbons (Fsp3) is 0.500. The summed E-state index contributed by atoms with van der Waals surface area (Å²) in [6.07, 6.45) is 2.83. The summed E-state index contributed by atoms with van der Waals surface area (Å²) in [5.74, 6) is -6.87. The number of aryl methyl sites for hydroxylation is 1.